The third kappa shape index (κ3) is 1.58. The van der Waals surface area contributed by atoms with Crippen LogP contribution >= 0.6 is 0 Å². The maximum atomic E-state index is 2.57. The van der Waals surface area contributed by atoms with E-state index in [9.17, 15) is 0 Å². The molecule has 0 bridgehead atoms. The molecule has 1 aromatic carbocycles. The highest BCUT2D eigenvalue weighted by molar-refractivity contribution is 5.47. The number of hydrogen-bond donors (Lipinski definition) is 0. The van der Waals surface area contributed by atoms with Crippen LogP contribution in [0.2, 0.25) is 0 Å². The molecule has 0 amide bonds. The maximum absolute atomic E-state index is 2.57. The first-order valence-corrected chi connectivity index (χ1v) is 8.33. The van der Waals surface area contributed by atoms with Crippen LogP contribution in [0.25, 0.3) is 0 Å². The van der Waals surface area contributed by atoms with Crippen molar-refractivity contribution in [1.82, 2.24) is 0 Å². The Labute approximate surface area is 117 Å². The zero-order valence-corrected chi connectivity index (χ0v) is 12.5. The second-order valence-electron chi connectivity index (χ2n) is 7.51. The zero-order valence-electron chi connectivity index (χ0n) is 12.5. The van der Waals surface area contributed by atoms with Crippen LogP contribution in [0.15, 0.2) is 12.1 Å². The lowest BCUT2D eigenvalue weighted by molar-refractivity contribution is 0.185. The fourth-order valence-corrected chi connectivity index (χ4v) is 5.29. The van der Waals surface area contributed by atoms with Gasteiger partial charge in [0.2, 0.25) is 0 Å². The van der Waals surface area contributed by atoms with Gasteiger partial charge in [-0.2, -0.15) is 0 Å². The van der Waals surface area contributed by atoms with Crippen LogP contribution in [-0.2, 0) is 19.3 Å². The highest BCUT2D eigenvalue weighted by atomic mass is 14.5. The molecule has 3 aliphatic carbocycles. The average Bonchev–Trinajstić information content (AvgIpc) is 2.75. The summed E-state index contributed by atoms with van der Waals surface area (Å²) in [5, 5.41) is 0. The minimum Gasteiger partial charge on any atom is -0.0620 e. The van der Waals surface area contributed by atoms with E-state index in [0.29, 0.717) is 5.41 Å². The number of hydrogen-bond acceptors (Lipinski definition) is 0. The summed E-state index contributed by atoms with van der Waals surface area (Å²) in [6, 6.07) is 4.99. The standard InChI is InChI=1S/C19H26/c1-13-7-10-18-17-9-8-14-5-3-4-6-15(14)16(17)11-12-19(13,18)2/h8-9,13,18H,3-7,10-12H2,1-2H3. The Morgan fingerprint density at radius 3 is 2.74 bits per heavy atom. The van der Waals surface area contributed by atoms with Crippen molar-refractivity contribution in [2.75, 3.05) is 0 Å². The lowest BCUT2D eigenvalue weighted by Gasteiger charge is -2.42. The molecule has 102 valence electrons. The van der Waals surface area contributed by atoms with Crippen LogP contribution < -0.4 is 0 Å². The molecule has 3 atom stereocenters. The van der Waals surface area contributed by atoms with Crippen LogP contribution in [0.5, 0.6) is 0 Å². The van der Waals surface area contributed by atoms with Gasteiger partial charge in [-0.1, -0.05) is 26.0 Å². The summed E-state index contributed by atoms with van der Waals surface area (Å²) in [5.74, 6) is 1.78. The first-order chi connectivity index (χ1) is 9.20. The number of fused-ring (bicyclic) bond motifs is 5. The predicted molar refractivity (Wildman–Crippen MR) is 80.7 cm³/mol. The first-order valence-electron chi connectivity index (χ1n) is 8.33. The molecule has 1 aromatic rings. The fourth-order valence-electron chi connectivity index (χ4n) is 5.29. The highest BCUT2D eigenvalue weighted by Crippen LogP contribution is 2.59. The van der Waals surface area contributed by atoms with Gasteiger partial charge < -0.3 is 0 Å². The van der Waals surface area contributed by atoms with Crippen LogP contribution in [0.4, 0.5) is 0 Å². The van der Waals surface area contributed by atoms with Gasteiger partial charge in [0.05, 0.1) is 0 Å². The molecule has 19 heavy (non-hydrogen) atoms. The highest BCUT2D eigenvalue weighted by Gasteiger charge is 2.47. The van der Waals surface area contributed by atoms with E-state index in [1.165, 1.54) is 51.4 Å². The van der Waals surface area contributed by atoms with E-state index in [4.69, 9.17) is 0 Å². The number of benzene rings is 1. The van der Waals surface area contributed by atoms with Gasteiger partial charge in [-0.25, -0.2) is 0 Å². The lowest BCUT2D eigenvalue weighted by Crippen LogP contribution is -2.32. The summed E-state index contributed by atoms with van der Waals surface area (Å²) in [4.78, 5) is 0. The van der Waals surface area contributed by atoms with Gasteiger partial charge in [0.1, 0.15) is 0 Å². The molecule has 0 heteroatoms. The van der Waals surface area contributed by atoms with Crippen molar-refractivity contribution < 1.29 is 0 Å². The quantitative estimate of drug-likeness (QED) is 0.609. The molecule has 1 fully saturated rings. The summed E-state index contributed by atoms with van der Waals surface area (Å²) in [7, 11) is 0. The van der Waals surface area contributed by atoms with Gasteiger partial charge in [-0.15, -0.1) is 0 Å². The Balaban J connectivity index is 1.84. The second-order valence-corrected chi connectivity index (χ2v) is 7.51. The molecule has 0 heterocycles. The largest absolute Gasteiger partial charge is 0.0620 e. The Hall–Kier alpha value is -0.780. The summed E-state index contributed by atoms with van der Waals surface area (Å²) in [6.45, 7) is 5.06. The number of aryl methyl sites for hydroxylation is 1. The molecule has 0 nitrogen and oxygen atoms in total. The van der Waals surface area contributed by atoms with E-state index in [1.807, 2.05) is 0 Å². The number of rotatable bonds is 0. The fraction of sp³-hybridized carbons (Fsp3) is 0.684. The molecule has 0 N–H and O–H groups in total. The zero-order chi connectivity index (χ0) is 13.0. The van der Waals surface area contributed by atoms with Crippen molar-refractivity contribution >= 4 is 0 Å². The van der Waals surface area contributed by atoms with E-state index in [1.54, 1.807) is 22.3 Å². The normalized spacial score (nSPS) is 36.5. The Kier molecular flexibility index (Phi) is 2.59. The third-order valence-electron chi connectivity index (χ3n) is 6.79. The summed E-state index contributed by atoms with van der Waals surface area (Å²) < 4.78 is 0. The van der Waals surface area contributed by atoms with Gasteiger partial charge in [-0.3, -0.25) is 0 Å². The summed E-state index contributed by atoms with van der Waals surface area (Å²) in [5.41, 5.74) is 7.58. The van der Waals surface area contributed by atoms with Gasteiger partial charge in [0.25, 0.3) is 0 Å². The van der Waals surface area contributed by atoms with E-state index in [-0.39, 0.29) is 0 Å². The molecular formula is C19H26. The van der Waals surface area contributed by atoms with Crippen LogP contribution in [-0.4, -0.2) is 0 Å². The van der Waals surface area contributed by atoms with Crippen molar-refractivity contribution in [1.29, 1.82) is 0 Å². The summed E-state index contributed by atoms with van der Waals surface area (Å²) >= 11 is 0. The average molecular weight is 254 g/mol. The molecule has 0 spiro atoms. The Morgan fingerprint density at radius 2 is 1.84 bits per heavy atom. The Bertz CT molecular complexity index is 513. The third-order valence-corrected chi connectivity index (χ3v) is 6.79. The van der Waals surface area contributed by atoms with Crippen molar-refractivity contribution in [2.24, 2.45) is 11.3 Å². The van der Waals surface area contributed by atoms with Gasteiger partial charge in [-0.05, 0) is 90.9 Å². The van der Waals surface area contributed by atoms with Crippen molar-refractivity contribution in [3.05, 3.63) is 34.4 Å². The van der Waals surface area contributed by atoms with Crippen LogP contribution in [0.3, 0.4) is 0 Å². The molecule has 0 saturated heterocycles. The smallest absolute Gasteiger partial charge is 0.0102 e. The van der Waals surface area contributed by atoms with Gasteiger partial charge >= 0.3 is 0 Å². The molecule has 0 aromatic heterocycles. The molecule has 0 radical (unpaired) electrons. The van der Waals surface area contributed by atoms with Gasteiger partial charge in [0.15, 0.2) is 0 Å². The lowest BCUT2D eigenvalue weighted by atomic mass is 9.62. The maximum Gasteiger partial charge on any atom is -0.0102 e. The monoisotopic (exact) mass is 254 g/mol. The topological polar surface area (TPSA) is 0 Å². The van der Waals surface area contributed by atoms with E-state index >= 15 is 0 Å². The minimum absolute atomic E-state index is 0.593. The summed E-state index contributed by atoms with van der Waals surface area (Å²) in [6.07, 6.45) is 11.2. The van der Waals surface area contributed by atoms with Crippen molar-refractivity contribution in [3.8, 4) is 0 Å². The van der Waals surface area contributed by atoms with Gasteiger partial charge in [0, 0.05) is 0 Å². The second kappa shape index (κ2) is 4.11. The van der Waals surface area contributed by atoms with Crippen LogP contribution in [0, 0.1) is 11.3 Å². The van der Waals surface area contributed by atoms with Crippen molar-refractivity contribution in [2.45, 2.75) is 71.1 Å². The molecule has 3 unspecified atom stereocenters. The molecule has 1 saturated carbocycles. The van der Waals surface area contributed by atoms with E-state index in [2.05, 4.69) is 26.0 Å². The van der Waals surface area contributed by atoms with E-state index in [0.717, 1.165) is 11.8 Å². The van der Waals surface area contributed by atoms with Crippen LogP contribution in [0.1, 0.15) is 74.1 Å². The molecular weight excluding hydrogens is 228 g/mol. The molecule has 3 aliphatic rings. The predicted octanol–water partition coefficient (Wildman–Crippen LogP) is 5.03. The van der Waals surface area contributed by atoms with E-state index < -0.39 is 0 Å². The first kappa shape index (κ1) is 12.0. The molecule has 4 rings (SSSR count). The Morgan fingerprint density at radius 1 is 1.00 bits per heavy atom. The SMILES string of the molecule is CC1CCC2c3ccc4c(c3CCC12C)CCCC4. The molecule has 0 aliphatic heterocycles. The van der Waals surface area contributed by atoms with Crippen molar-refractivity contribution in [3.63, 3.8) is 0 Å². The minimum atomic E-state index is 0.593.